The Balaban J connectivity index is 2.02. The van der Waals surface area contributed by atoms with Crippen molar-refractivity contribution in [2.24, 2.45) is 5.10 Å². The Kier molecular flexibility index (Phi) is 7.44. The van der Waals surface area contributed by atoms with Crippen molar-refractivity contribution in [1.82, 2.24) is 5.43 Å². The van der Waals surface area contributed by atoms with Crippen molar-refractivity contribution in [1.29, 1.82) is 0 Å². The molecule has 0 saturated heterocycles. The van der Waals surface area contributed by atoms with Crippen LogP contribution in [0.4, 0.5) is 5.69 Å². The minimum Gasteiger partial charge on any atom is -0.493 e. The topological polar surface area (TPSA) is 103 Å². The van der Waals surface area contributed by atoms with Gasteiger partial charge in [0.1, 0.15) is 0 Å². The SMILES string of the molecule is COc1cc(/C=N\NC(=O)CSc2ccc(Cl)cc2)c([N+](=O)[O-])cc1OC. The van der Waals surface area contributed by atoms with Gasteiger partial charge in [0.15, 0.2) is 11.5 Å². The summed E-state index contributed by atoms with van der Waals surface area (Å²) in [5.41, 5.74) is 2.28. The molecule has 2 aromatic carbocycles. The number of halogens is 1. The normalized spacial score (nSPS) is 10.6. The first kappa shape index (κ1) is 20.5. The van der Waals surface area contributed by atoms with Gasteiger partial charge in [-0.2, -0.15) is 5.10 Å². The maximum Gasteiger partial charge on any atom is 0.282 e. The van der Waals surface area contributed by atoms with Gasteiger partial charge < -0.3 is 9.47 Å². The molecule has 27 heavy (non-hydrogen) atoms. The molecule has 2 rings (SSSR count). The first-order valence-electron chi connectivity index (χ1n) is 7.55. The molecule has 0 aliphatic rings. The fraction of sp³-hybridized carbons (Fsp3) is 0.176. The summed E-state index contributed by atoms with van der Waals surface area (Å²) in [6, 6.07) is 9.72. The van der Waals surface area contributed by atoms with Crippen LogP contribution in [0.25, 0.3) is 0 Å². The fourth-order valence-electron chi connectivity index (χ4n) is 2.03. The smallest absolute Gasteiger partial charge is 0.282 e. The maximum absolute atomic E-state index is 11.9. The van der Waals surface area contributed by atoms with E-state index >= 15 is 0 Å². The molecule has 0 aliphatic carbocycles. The second-order valence-electron chi connectivity index (χ2n) is 5.06. The molecule has 0 aliphatic heterocycles. The van der Waals surface area contributed by atoms with Crippen molar-refractivity contribution in [3.8, 4) is 11.5 Å². The molecule has 142 valence electrons. The van der Waals surface area contributed by atoms with Gasteiger partial charge >= 0.3 is 0 Å². The molecule has 10 heteroatoms. The molecule has 8 nitrogen and oxygen atoms in total. The molecule has 0 unspecified atom stereocenters. The number of nitrogens with zero attached hydrogens (tertiary/aromatic N) is 2. The highest BCUT2D eigenvalue weighted by Crippen LogP contribution is 2.33. The van der Waals surface area contributed by atoms with Gasteiger partial charge in [-0.1, -0.05) is 11.6 Å². The van der Waals surface area contributed by atoms with Crippen LogP contribution in [0.5, 0.6) is 11.5 Å². The lowest BCUT2D eigenvalue weighted by Gasteiger charge is -2.08. The van der Waals surface area contributed by atoms with Crippen LogP contribution in [0.15, 0.2) is 46.4 Å². The Morgan fingerprint density at radius 1 is 1.26 bits per heavy atom. The molecule has 0 atom stereocenters. The number of hydrogen-bond donors (Lipinski definition) is 1. The van der Waals surface area contributed by atoms with Gasteiger partial charge in [0.25, 0.3) is 5.69 Å². The Labute approximate surface area is 164 Å². The van der Waals surface area contributed by atoms with E-state index < -0.39 is 4.92 Å². The molecule has 0 aromatic heterocycles. The number of hydrazone groups is 1. The average molecular weight is 410 g/mol. The number of methoxy groups -OCH3 is 2. The number of carbonyl (C=O) groups excluding carboxylic acids is 1. The number of rotatable bonds is 8. The summed E-state index contributed by atoms with van der Waals surface area (Å²) in [5, 5.41) is 15.6. The van der Waals surface area contributed by atoms with E-state index in [0.717, 1.165) is 4.90 Å². The van der Waals surface area contributed by atoms with Crippen LogP contribution >= 0.6 is 23.4 Å². The molecule has 0 bridgehead atoms. The monoisotopic (exact) mass is 409 g/mol. The summed E-state index contributed by atoms with van der Waals surface area (Å²) < 4.78 is 10.2. The molecular weight excluding hydrogens is 394 g/mol. The Morgan fingerprint density at radius 3 is 2.48 bits per heavy atom. The first-order valence-corrected chi connectivity index (χ1v) is 8.91. The number of amides is 1. The standard InChI is InChI=1S/C17H16ClN3O5S/c1-25-15-7-11(14(21(23)24)8-16(15)26-2)9-19-20-17(22)10-27-13-5-3-12(18)4-6-13/h3-9H,10H2,1-2H3,(H,20,22)/b19-9-. The van der Waals surface area contributed by atoms with Crippen molar-refractivity contribution in [3.05, 3.63) is 57.1 Å². The Bertz CT molecular complexity index is 858. The zero-order valence-electron chi connectivity index (χ0n) is 14.5. The predicted octanol–water partition coefficient (Wildman–Crippen LogP) is 3.51. The second-order valence-corrected chi connectivity index (χ2v) is 6.54. The van der Waals surface area contributed by atoms with E-state index in [1.807, 2.05) is 0 Å². The van der Waals surface area contributed by atoms with Crippen LogP contribution in [-0.2, 0) is 4.79 Å². The zero-order chi connectivity index (χ0) is 19.8. The summed E-state index contributed by atoms with van der Waals surface area (Å²) in [4.78, 5) is 23.4. The highest BCUT2D eigenvalue weighted by molar-refractivity contribution is 8.00. The molecule has 0 fully saturated rings. The zero-order valence-corrected chi connectivity index (χ0v) is 16.0. The van der Waals surface area contributed by atoms with Crippen LogP contribution < -0.4 is 14.9 Å². The number of benzene rings is 2. The van der Waals surface area contributed by atoms with E-state index in [1.54, 1.807) is 24.3 Å². The van der Waals surface area contributed by atoms with Gasteiger partial charge in [0.2, 0.25) is 5.91 Å². The predicted molar refractivity (Wildman–Crippen MR) is 104 cm³/mol. The number of ether oxygens (including phenoxy) is 2. The summed E-state index contributed by atoms with van der Waals surface area (Å²) in [5.74, 6) is 0.320. The number of carbonyl (C=O) groups is 1. The van der Waals surface area contributed by atoms with Crippen LogP contribution in [0.1, 0.15) is 5.56 Å². The molecule has 0 spiro atoms. The molecule has 0 radical (unpaired) electrons. The summed E-state index contributed by atoms with van der Waals surface area (Å²) in [6.45, 7) is 0. The highest BCUT2D eigenvalue weighted by Gasteiger charge is 2.18. The lowest BCUT2D eigenvalue weighted by molar-refractivity contribution is -0.385. The third-order valence-electron chi connectivity index (χ3n) is 3.31. The number of thioether (sulfide) groups is 1. The number of nitro benzene ring substituents is 1. The third kappa shape index (κ3) is 5.87. The minimum atomic E-state index is -0.568. The van der Waals surface area contributed by atoms with Crippen molar-refractivity contribution in [3.63, 3.8) is 0 Å². The first-order chi connectivity index (χ1) is 12.9. The van der Waals surface area contributed by atoms with Gasteiger partial charge in [0, 0.05) is 9.92 Å². The lowest BCUT2D eigenvalue weighted by Crippen LogP contribution is -2.19. The minimum absolute atomic E-state index is 0.132. The van der Waals surface area contributed by atoms with Gasteiger partial charge in [-0.15, -0.1) is 11.8 Å². The van der Waals surface area contributed by atoms with Crippen molar-refractivity contribution in [2.45, 2.75) is 4.90 Å². The number of nitro groups is 1. The molecule has 0 heterocycles. The van der Waals surface area contributed by atoms with Gasteiger partial charge in [-0.3, -0.25) is 14.9 Å². The van der Waals surface area contributed by atoms with Gasteiger partial charge in [-0.25, -0.2) is 5.43 Å². The van der Waals surface area contributed by atoms with Crippen molar-refractivity contribution < 1.29 is 19.2 Å². The van der Waals surface area contributed by atoms with E-state index in [9.17, 15) is 14.9 Å². The molecule has 0 saturated carbocycles. The summed E-state index contributed by atoms with van der Waals surface area (Å²) >= 11 is 7.12. The fourth-order valence-corrected chi connectivity index (χ4v) is 2.85. The van der Waals surface area contributed by atoms with Gasteiger partial charge in [-0.05, 0) is 30.3 Å². The second kappa shape index (κ2) is 9.79. The quantitative estimate of drug-likeness (QED) is 0.310. The highest BCUT2D eigenvalue weighted by atomic mass is 35.5. The summed E-state index contributed by atoms with van der Waals surface area (Å²) in [6.07, 6.45) is 1.19. The van der Waals surface area contributed by atoms with Gasteiger partial charge in [0.05, 0.1) is 42.7 Å². The van der Waals surface area contributed by atoms with E-state index in [-0.39, 0.29) is 28.7 Å². The third-order valence-corrected chi connectivity index (χ3v) is 4.57. The van der Waals surface area contributed by atoms with Crippen LogP contribution in [0, 0.1) is 10.1 Å². The molecule has 2 aromatic rings. The van der Waals surface area contributed by atoms with Crippen LogP contribution in [-0.4, -0.2) is 37.0 Å². The van der Waals surface area contributed by atoms with Crippen molar-refractivity contribution >= 4 is 41.2 Å². The van der Waals surface area contributed by atoms with Crippen LogP contribution in [0.3, 0.4) is 0 Å². The lowest BCUT2D eigenvalue weighted by atomic mass is 10.1. The molecule has 1 amide bonds. The maximum atomic E-state index is 11.9. The van der Waals surface area contributed by atoms with Crippen LogP contribution in [0.2, 0.25) is 5.02 Å². The largest absolute Gasteiger partial charge is 0.493 e. The molecule has 1 N–H and O–H groups in total. The Morgan fingerprint density at radius 2 is 1.89 bits per heavy atom. The Hall–Kier alpha value is -2.78. The average Bonchev–Trinajstić information content (AvgIpc) is 2.66. The van der Waals surface area contributed by atoms with E-state index in [0.29, 0.717) is 10.8 Å². The van der Waals surface area contributed by atoms with E-state index in [4.69, 9.17) is 21.1 Å². The summed E-state index contributed by atoms with van der Waals surface area (Å²) in [7, 11) is 2.80. The van der Waals surface area contributed by atoms with Crippen molar-refractivity contribution in [2.75, 3.05) is 20.0 Å². The number of hydrogen-bond acceptors (Lipinski definition) is 7. The molecular formula is C17H16ClN3O5S. The number of nitrogens with one attached hydrogen (secondary N) is 1. The van der Waals surface area contributed by atoms with E-state index in [2.05, 4.69) is 10.5 Å². The van der Waals surface area contributed by atoms with E-state index in [1.165, 1.54) is 44.3 Å².